The summed E-state index contributed by atoms with van der Waals surface area (Å²) < 4.78 is 2.19. The summed E-state index contributed by atoms with van der Waals surface area (Å²) >= 11 is 0. The van der Waals surface area contributed by atoms with Gasteiger partial charge in [0.2, 0.25) is 0 Å². The maximum atomic E-state index is 4.42. The summed E-state index contributed by atoms with van der Waals surface area (Å²) in [6, 6.07) is 17.1. The molecule has 2 aromatic carbocycles. The Labute approximate surface area is 113 Å². The zero-order valence-corrected chi connectivity index (χ0v) is 11.4. The molecule has 0 saturated carbocycles. The molecule has 0 spiro atoms. The zero-order chi connectivity index (χ0) is 13.2. The molecule has 0 atom stereocenters. The van der Waals surface area contributed by atoms with Crippen molar-refractivity contribution >= 4 is 11.0 Å². The van der Waals surface area contributed by atoms with E-state index in [-0.39, 0.29) is 0 Å². The van der Waals surface area contributed by atoms with Crippen LogP contribution in [-0.4, -0.2) is 9.55 Å². The smallest absolute Gasteiger partial charge is 0.0961 e. The predicted octanol–water partition coefficient (Wildman–Crippen LogP) is 4.21. The highest BCUT2D eigenvalue weighted by atomic mass is 15.0. The van der Waals surface area contributed by atoms with Gasteiger partial charge in [-0.05, 0) is 29.2 Å². The Kier molecular flexibility index (Phi) is 3.08. The van der Waals surface area contributed by atoms with Crippen molar-refractivity contribution in [1.29, 1.82) is 0 Å². The molecule has 3 aromatic rings. The third kappa shape index (κ3) is 2.39. The topological polar surface area (TPSA) is 17.8 Å². The molecule has 0 fully saturated rings. The van der Waals surface area contributed by atoms with Crippen molar-refractivity contribution in [2.75, 3.05) is 0 Å². The summed E-state index contributed by atoms with van der Waals surface area (Å²) in [5, 5.41) is 0. The van der Waals surface area contributed by atoms with E-state index in [0.29, 0.717) is 5.92 Å². The largest absolute Gasteiger partial charge is 0.326 e. The molecule has 96 valence electrons. The molecule has 0 aliphatic heterocycles. The average molecular weight is 250 g/mol. The van der Waals surface area contributed by atoms with E-state index in [4.69, 9.17) is 0 Å². The van der Waals surface area contributed by atoms with E-state index in [0.717, 1.165) is 12.1 Å². The number of rotatable bonds is 3. The normalized spacial score (nSPS) is 11.3. The number of hydrogen-bond acceptors (Lipinski definition) is 1. The molecule has 0 aliphatic carbocycles. The van der Waals surface area contributed by atoms with Crippen molar-refractivity contribution < 1.29 is 0 Å². The Balaban J connectivity index is 1.88. The van der Waals surface area contributed by atoms with Crippen molar-refractivity contribution in [3.05, 3.63) is 66.0 Å². The van der Waals surface area contributed by atoms with Crippen molar-refractivity contribution in [3.63, 3.8) is 0 Å². The van der Waals surface area contributed by atoms with Crippen LogP contribution in [0.3, 0.4) is 0 Å². The van der Waals surface area contributed by atoms with Crippen LogP contribution in [0.15, 0.2) is 54.9 Å². The van der Waals surface area contributed by atoms with E-state index in [1.807, 2.05) is 18.5 Å². The molecule has 0 bridgehead atoms. The van der Waals surface area contributed by atoms with Gasteiger partial charge >= 0.3 is 0 Å². The van der Waals surface area contributed by atoms with E-state index >= 15 is 0 Å². The lowest BCUT2D eigenvalue weighted by Crippen LogP contribution is -1.98. The Morgan fingerprint density at radius 2 is 1.74 bits per heavy atom. The van der Waals surface area contributed by atoms with Crippen molar-refractivity contribution in [3.8, 4) is 0 Å². The lowest BCUT2D eigenvalue weighted by molar-refractivity contribution is 0.818. The summed E-state index contributed by atoms with van der Waals surface area (Å²) in [5.74, 6) is 0.586. The van der Waals surface area contributed by atoms with Gasteiger partial charge in [-0.15, -0.1) is 0 Å². The van der Waals surface area contributed by atoms with Crippen LogP contribution in [0.5, 0.6) is 0 Å². The van der Waals surface area contributed by atoms with E-state index < -0.39 is 0 Å². The van der Waals surface area contributed by atoms with Gasteiger partial charge in [-0.1, -0.05) is 50.2 Å². The van der Waals surface area contributed by atoms with Crippen LogP contribution >= 0.6 is 0 Å². The fourth-order valence-electron chi connectivity index (χ4n) is 2.34. The summed E-state index contributed by atoms with van der Waals surface area (Å²) in [4.78, 5) is 4.42. The second-order valence-corrected chi connectivity index (χ2v) is 5.26. The first-order valence-corrected chi connectivity index (χ1v) is 6.73. The molecular formula is C17H18N2. The van der Waals surface area contributed by atoms with Gasteiger partial charge in [0.1, 0.15) is 0 Å². The number of benzene rings is 2. The molecule has 19 heavy (non-hydrogen) atoms. The minimum Gasteiger partial charge on any atom is -0.326 e. The maximum absolute atomic E-state index is 4.42. The quantitative estimate of drug-likeness (QED) is 0.681. The Hall–Kier alpha value is -2.09. The molecule has 2 nitrogen and oxygen atoms in total. The van der Waals surface area contributed by atoms with Crippen molar-refractivity contribution in [2.45, 2.75) is 26.3 Å². The molecule has 0 amide bonds. The lowest BCUT2D eigenvalue weighted by Gasteiger charge is -2.08. The van der Waals surface area contributed by atoms with Gasteiger partial charge in [0.05, 0.1) is 17.4 Å². The number of imidazole rings is 1. The second-order valence-electron chi connectivity index (χ2n) is 5.26. The van der Waals surface area contributed by atoms with Gasteiger partial charge in [-0.3, -0.25) is 0 Å². The highest BCUT2D eigenvalue weighted by Gasteiger charge is 2.03. The highest BCUT2D eigenvalue weighted by molar-refractivity contribution is 5.75. The molecule has 0 radical (unpaired) electrons. The Morgan fingerprint density at radius 3 is 2.47 bits per heavy atom. The molecule has 3 rings (SSSR count). The van der Waals surface area contributed by atoms with Gasteiger partial charge in [0, 0.05) is 6.54 Å². The highest BCUT2D eigenvalue weighted by Crippen LogP contribution is 2.17. The van der Waals surface area contributed by atoms with Gasteiger partial charge < -0.3 is 4.57 Å². The van der Waals surface area contributed by atoms with Gasteiger partial charge in [0.15, 0.2) is 0 Å². The van der Waals surface area contributed by atoms with E-state index in [1.54, 1.807) is 0 Å². The fourth-order valence-corrected chi connectivity index (χ4v) is 2.34. The van der Waals surface area contributed by atoms with Crippen LogP contribution in [-0.2, 0) is 6.54 Å². The summed E-state index contributed by atoms with van der Waals surface area (Å²) in [5.41, 5.74) is 4.95. The standard InChI is InChI=1S/C17H18N2/c1-13(2)15-9-7-14(8-10-15)11-19-12-18-16-5-3-4-6-17(16)19/h3-10,12-13H,11H2,1-2H3. The van der Waals surface area contributed by atoms with Crippen LogP contribution in [0, 0.1) is 0 Å². The SMILES string of the molecule is CC(C)c1ccc(Cn2cnc3ccccc32)cc1. The average Bonchev–Trinajstić information content (AvgIpc) is 2.83. The number of aromatic nitrogens is 2. The molecule has 1 aromatic heterocycles. The second kappa shape index (κ2) is 4.88. The number of fused-ring (bicyclic) bond motifs is 1. The van der Waals surface area contributed by atoms with Crippen LogP contribution in [0.2, 0.25) is 0 Å². The fraction of sp³-hybridized carbons (Fsp3) is 0.235. The first-order valence-electron chi connectivity index (χ1n) is 6.73. The minimum atomic E-state index is 0.586. The van der Waals surface area contributed by atoms with Crippen LogP contribution < -0.4 is 0 Å². The zero-order valence-electron chi connectivity index (χ0n) is 11.4. The first kappa shape index (κ1) is 12.0. The minimum absolute atomic E-state index is 0.586. The first-order chi connectivity index (χ1) is 9.24. The number of nitrogens with zero attached hydrogens (tertiary/aromatic N) is 2. The lowest BCUT2D eigenvalue weighted by atomic mass is 10.0. The Bertz CT molecular complexity index is 678. The molecular weight excluding hydrogens is 232 g/mol. The van der Waals surface area contributed by atoms with E-state index in [2.05, 4.69) is 59.8 Å². The summed E-state index contributed by atoms with van der Waals surface area (Å²) in [7, 11) is 0. The van der Waals surface area contributed by atoms with Crippen molar-refractivity contribution in [2.24, 2.45) is 0 Å². The summed E-state index contributed by atoms with van der Waals surface area (Å²) in [6.07, 6.45) is 1.92. The van der Waals surface area contributed by atoms with Gasteiger partial charge in [-0.25, -0.2) is 4.98 Å². The molecule has 0 N–H and O–H groups in total. The predicted molar refractivity (Wildman–Crippen MR) is 79.4 cm³/mol. The molecule has 0 aliphatic rings. The van der Waals surface area contributed by atoms with Crippen molar-refractivity contribution in [1.82, 2.24) is 9.55 Å². The monoisotopic (exact) mass is 250 g/mol. The number of hydrogen-bond donors (Lipinski definition) is 0. The number of para-hydroxylation sites is 2. The van der Waals surface area contributed by atoms with E-state index in [9.17, 15) is 0 Å². The third-order valence-corrected chi connectivity index (χ3v) is 3.53. The Morgan fingerprint density at radius 1 is 1.00 bits per heavy atom. The van der Waals surface area contributed by atoms with E-state index in [1.165, 1.54) is 16.6 Å². The molecule has 1 heterocycles. The van der Waals surface area contributed by atoms with Gasteiger partial charge in [0.25, 0.3) is 0 Å². The van der Waals surface area contributed by atoms with Gasteiger partial charge in [-0.2, -0.15) is 0 Å². The molecule has 0 unspecified atom stereocenters. The van der Waals surface area contributed by atoms with Crippen LogP contribution in [0.4, 0.5) is 0 Å². The maximum Gasteiger partial charge on any atom is 0.0961 e. The third-order valence-electron chi connectivity index (χ3n) is 3.53. The van der Waals surface area contributed by atoms with Crippen LogP contribution in [0.1, 0.15) is 30.9 Å². The van der Waals surface area contributed by atoms with Crippen LogP contribution in [0.25, 0.3) is 11.0 Å². The molecule has 0 saturated heterocycles. The summed E-state index contributed by atoms with van der Waals surface area (Å²) in [6.45, 7) is 5.32. The molecule has 2 heteroatoms.